The molecule has 3 nitrogen and oxygen atoms in total. The molecule has 0 amide bonds. The molecule has 1 fully saturated rings. The number of nitrogens with zero attached hydrogens (tertiary/aromatic N) is 2. The van der Waals surface area contributed by atoms with Crippen molar-refractivity contribution in [2.75, 3.05) is 6.54 Å². The molecule has 3 heteroatoms. The summed E-state index contributed by atoms with van der Waals surface area (Å²) in [6.07, 6.45) is 6.47. The molecule has 13 heavy (non-hydrogen) atoms. The lowest BCUT2D eigenvalue weighted by Gasteiger charge is -2.17. The minimum absolute atomic E-state index is 0.133. The third kappa shape index (κ3) is 1.07. The highest BCUT2D eigenvalue weighted by Crippen LogP contribution is 2.63. The van der Waals surface area contributed by atoms with E-state index in [0.29, 0.717) is 12.0 Å². The van der Waals surface area contributed by atoms with Gasteiger partial charge >= 0.3 is 0 Å². The van der Waals surface area contributed by atoms with Gasteiger partial charge in [-0.15, -0.1) is 0 Å². The Kier molecular flexibility index (Phi) is 1.67. The molecule has 2 rings (SSSR count). The molecule has 0 saturated heterocycles. The van der Waals surface area contributed by atoms with Crippen LogP contribution in [0, 0.1) is 5.41 Å². The fourth-order valence-corrected chi connectivity index (χ4v) is 2.22. The quantitative estimate of drug-likeness (QED) is 0.736. The summed E-state index contributed by atoms with van der Waals surface area (Å²) < 4.78 is 0. The van der Waals surface area contributed by atoms with Crippen LogP contribution < -0.4 is 5.73 Å². The molecule has 70 valence electrons. The van der Waals surface area contributed by atoms with E-state index in [0.717, 1.165) is 6.42 Å². The molecule has 2 N–H and O–H groups in total. The van der Waals surface area contributed by atoms with Crippen LogP contribution in [0.15, 0.2) is 18.7 Å². The smallest absolute Gasteiger partial charge is 0.115 e. The Morgan fingerprint density at radius 2 is 1.92 bits per heavy atom. The number of hydrogen-bond acceptors (Lipinski definition) is 3. The molecule has 1 atom stereocenters. The number of rotatable bonds is 2. The topological polar surface area (TPSA) is 51.8 Å². The van der Waals surface area contributed by atoms with Gasteiger partial charge in [0.1, 0.15) is 6.33 Å². The van der Waals surface area contributed by atoms with Crippen LogP contribution in [0.3, 0.4) is 0 Å². The first-order valence-corrected chi connectivity index (χ1v) is 4.58. The molecule has 1 saturated carbocycles. The lowest BCUT2D eigenvalue weighted by molar-refractivity contribution is 0.500. The largest absolute Gasteiger partial charge is 0.330 e. The number of nitrogens with two attached hydrogens (primary N) is 1. The average Bonchev–Trinajstić information content (AvgIpc) is 2.72. The van der Waals surface area contributed by atoms with Crippen LogP contribution in [0.1, 0.15) is 25.8 Å². The highest BCUT2D eigenvalue weighted by Gasteiger charge is 2.61. The standard InChI is InChI=1S/C10H15N3/c1-9(2)5-10(9,6-11)8-3-12-7-13-4-8/h3-4,7H,5-6,11H2,1-2H3. The summed E-state index contributed by atoms with van der Waals surface area (Å²) in [5.41, 5.74) is 7.45. The lowest BCUT2D eigenvalue weighted by atomic mass is 9.90. The zero-order valence-corrected chi connectivity index (χ0v) is 8.12. The van der Waals surface area contributed by atoms with E-state index in [-0.39, 0.29) is 5.41 Å². The van der Waals surface area contributed by atoms with Crippen molar-refractivity contribution in [1.82, 2.24) is 9.97 Å². The maximum absolute atomic E-state index is 5.82. The van der Waals surface area contributed by atoms with Gasteiger partial charge in [0.2, 0.25) is 0 Å². The van der Waals surface area contributed by atoms with Crippen molar-refractivity contribution in [3.05, 3.63) is 24.3 Å². The summed E-state index contributed by atoms with van der Waals surface area (Å²) in [5, 5.41) is 0. The summed E-state index contributed by atoms with van der Waals surface area (Å²) in [7, 11) is 0. The molecule has 1 aromatic heterocycles. The van der Waals surface area contributed by atoms with Gasteiger partial charge in [-0.2, -0.15) is 0 Å². The van der Waals surface area contributed by atoms with Gasteiger partial charge < -0.3 is 5.73 Å². The zero-order valence-electron chi connectivity index (χ0n) is 8.12. The first kappa shape index (κ1) is 8.63. The average molecular weight is 177 g/mol. The van der Waals surface area contributed by atoms with Crippen molar-refractivity contribution in [1.29, 1.82) is 0 Å². The summed E-state index contributed by atoms with van der Waals surface area (Å²) in [4.78, 5) is 8.08. The molecule has 1 unspecified atom stereocenters. The van der Waals surface area contributed by atoms with Gasteiger partial charge in [-0.1, -0.05) is 13.8 Å². The molecule has 1 heterocycles. The first-order chi connectivity index (χ1) is 6.12. The summed E-state index contributed by atoms with van der Waals surface area (Å²) in [6, 6.07) is 0. The molecule has 0 aromatic carbocycles. The Morgan fingerprint density at radius 3 is 2.31 bits per heavy atom. The van der Waals surface area contributed by atoms with Crippen LogP contribution >= 0.6 is 0 Å². The van der Waals surface area contributed by atoms with Crippen molar-refractivity contribution in [2.45, 2.75) is 25.7 Å². The predicted molar refractivity (Wildman–Crippen MR) is 51.2 cm³/mol. The van der Waals surface area contributed by atoms with Gasteiger partial charge in [-0.25, -0.2) is 9.97 Å². The molecule has 0 bridgehead atoms. The molecule has 0 radical (unpaired) electrons. The SMILES string of the molecule is CC1(C)CC1(CN)c1cncnc1. The second-order valence-electron chi connectivity index (χ2n) is 4.47. The van der Waals surface area contributed by atoms with Crippen LogP contribution in [0.2, 0.25) is 0 Å². The monoisotopic (exact) mass is 177 g/mol. The maximum Gasteiger partial charge on any atom is 0.115 e. The Hall–Kier alpha value is -0.960. The Labute approximate surface area is 78.4 Å². The van der Waals surface area contributed by atoms with Crippen LogP contribution in [0.5, 0.6) is 0 Å². The van der Waals surface area contributed by atoms with E-state index in [9.17, 15) is 0 Å². The Bertz CT molecular complexity index is 307. The third-order valence-electron chi connectivity index (χ3n) is 3.38. The fraction of sp³-hybridized carbons (Fsp3) is 0.600. The Balaban J connectivity index is 2.37. The van der Waals surface area contributed by atoms with E-state index in [4.69, 9.17) is 5.73 Å². The van der Waals surface area contributed by atoms with E-state index in [1.54, 1.807) is 6.33 Å². The van der Waals surface area contributed by atoms with Gasteiger partial charge in [0, 0.05) is 24.4 Å². The molecular weight excluding hydrogens is 162 g/mol. The van der Waals surface area contributed by atoms with Crippen molar-refractivity contribution in [3.63, 3.8) is 0 Å². The van der Waals surface area contributed by atoms with Crippen LogP contribution in [-0.4, -0.2) is 16.5 Å². The van der Waals surface area contributed by atoms with Gasteiger partial charge in [0.15, 0.2) is 0 Å². The lowest BCUT2D eigenvalue weighted by Crippen LogP contribution is -2.25. The van der Waals surface area contributed by atoms with E-state index in [1.807, 2.05) is 12.4 Å². The summed E-state index contributed by atoms with van der Waals surface area (Å²) >= 11 is 0. The normalized spacial score (nSPS) is 30.1. The van der Waals surface area contributed by atoms with E-state index in [2.05, 4.69) is 23.8 Å². The second kappa shape index (κ2) is 2.51. The highest BCUT2D eigenvalue weighted by atomic mass is 14.8. The Morgan fingerprint density at radius 1 is 1.38 bits per heavy atom. The molecule has 1 aliphatic carbocycles. The second-order valence-corrected chi connectivity index (χ2v) is 4.47. The van der Waals surface area contributed by atoms with Gasteiger partial charge in [-0.3, -0.25) is 0 Å². The van der Waals surface area contributed by atoms with E-state index in [1.165, 1.54) is 5.56 Å². The summed E-state index contributed by atoms with van der Waals surface area (Å²) in [6.45, 7) is 5.17. The summed E-state index contributed by atoms with van der Waals surface area (Å²) in [5.74, 6) is 0. The van der Waals surface area contributed by atoms with Crippen LogP contribution in [0.4, 0.5) is 0 Å². The van der Waals surface area contributed by atoms with Crippen molar-refractivity contribution >= 4 is 0 Å². The number of aromatic nitrogens is 2. The fourth-order valence-electron chi connectivity index (χ4n) is 2.22. The van der Waals surface area contributed by atoms with E-state index >= 15 is 0 Å². The van der Waals surface area contributed by atoms with Crippen molar-refractivity contribution in [2.24, 2.45) is 11.1 Å². The molecule has 0 aliphatic heterocycles. The van der Waals surface area contributed by atoms with Crippen molar-refractivity contribution < 1.29 is 0 Å². The maximum atomic E-state index is 5.82. The zero-order chi connectivity index (χ0) is 9.53. The third-order valence-corrected chi connectivity index (χ3v) is 3.38. The van der Waals surface area contributed by atoms with Gasteiger partial charge in [-0.05, 0) is 17.4 Å². The molecule has 0 spiro atoms. The van der Waals surface area contributed by atoms with Gasteiger partial charge in [0.05, 0.1) is 0 Å². The molecular formula is C10H15N3. The van der Waals surface area contributed by atoms with Gasteiger partial charge in [0.25, 0.3) is 0 Å². The first-order valence-electron chi connectivity index (χ1n) is 4.58. The minimum atomic E-state index is 0.133. The predicted octanol–water partition coefficient (Wildman–Crippen LogP) is 1.10. The number of hydrogen-bond donors (Lipinski definition) is 1. The van der Waals surface area contributed by atoms with Crippen LogP contribution in [-0.2, 0) is 5.41 Å². The molecule has 1 aromatic rings. The van der Waals surface area contributed by atoms with E-state index < -0.39 is 0 Å². The minimum Gasteiger partial charge on any atom is -0.330 e. The molecule has 1 aliphatic rings. The highest BCUT2D eigenvalue weighted by molar-refractivity contribution is 5.34. The van der Waals surface area contributed by atoms with Crippen molar-refractivity contribution in [3.8, 4) is 0 Å². The van der Waals surface area contributed by atoms with Crippen LogP contribution in [0.25, 0.3) is 0 Å².